The molecule has 0 saturated carbocycles. The molecule has 0 unspecified atom stereocenters. The molecule has 0 fully saturated rings. The van der Waals surface area contributed by atoms with Gasteiger partial charge in [-0.2, -0.15) is 16.9 Å². The van der Waals surface area contributed by atoms with E-state index in [0.717, 1.165) is 16.2 Å². The highest BCUT2D eigenvalue weighted by Gasteiger charge is 2.12. The van der Waals surface area contributed by atoms with Crippen molar-refractivity contribution in [3.63, 3.8) is 0 Å². The van der Waals surface area contributed by atoms with Gasteiger partial charge in [-0.3, -0.25) is 4.79 Å². The summed E-state index contributed by atoms with van der Waals surface area (Å²) >= 11 is 15.3. The lowest BCUT2D eigenvalue weighted by molar-refractivity contribution is 0.0955. The van der Waals surface area contributed by atoms with Crippen LogP contribution in [0.4, 0.5) is 0 Å². The summed E-state index contributed by atoms with van der Waals surface area (Å²) in [5.41, 5.74) is 4.72. The highest BCUT2D eigenvalue weighted by atomic mass is 35.5. The molecule has 0 saturated heterocycles. The number of thioether (sulfide) groups is 1. The average molecular weight is 435 g/mol. The van der Waals surface area contributed by atoms with Crippen molar-refractivity contribution in [1.29, 1.82) is 0 Å². The Labute approximate surface area is 176 Å². The van der Waals surface area contributed by atoms with Crippen LogP contribution >= 0.6 is 46.3 Å². The number of halogens is 2. The van der Waals surface area contributed by atoms with Gasteiger partial charge in [-0.25, -0.2) is 5.43 Å². The molecule has 1 amide bonds. The predicted molar refractivity (Wildman–Crippen MR) is 118 cm³/mol. The number of nitrogens with one attached hydrogen (secondary N) is 1. The number of hydrogen-bond donors (Lipinski definition) is 1. The van der Waals surface area contributed by atoms with Crippen molar-refractivity contribution in [2.45, 2.75) is 5.75 Å². The molecule has 138 valence electrons. The van der Waals surface area contributed by atoms with Crippen LogP contribution in [0.15, 0.2) is 65.8 Å². The lowest BCUT2D eigenvalue weighted by Gasteiger charge is -2.07. The van der Waals surface area contributed by atoms with Crippen LogP contribution in [0.2, 0.25) is 10.0 Å². The Hall–Kier alpha value is -1.79. The Morgan fingerprint density at radius 3 is 2.15 bits per heavy atom. The molecule has 0 aliphatic rings. The van der Waals surface area contributed by atoms with E-state index in [2.05, 4.69) is 22.8 Å². The van der Waals surface area contributed by atoms with Crippen molar-refractivity contribution in [2.75, 3.05) is 6.26 Å². The van der Waals surface area contributed by atoms with Gasteiger partial charge in [0.25, 0.3) is 5.91 Å². The predicted octanol–water partition coefficient (Wildman–Crippen LogP) is 6.10. The van der Waals surface area contributed by atoms with Gasteiger partial charge in [0.2, 0.25) is 0 Å². The lowest BCUT2D eigenvalue weighted by atomic mass is 10.1. The molecular formula is C20H16Cl2N2OS2. The monoisotopic (exact) mass is 434 g/mol. The SMILES string of the molecule is CSCc1ccc(C(=NNC(=O)c2ccc(Cl)cc2)c2ccc(Cl)cc2)s1. The van der Waals surface area contributed by atoms with Gasteiger partial charge in [0.1, 0.15) is 5.71 Å². The van der Waals surface area contributed by atoms with Gasteiger partial charge in [-0.05, 0) is 54.8 Å². The molecule has 2 aromatic carbocycles. The van der Waals surface area contributed by atoms with Gasteiger partial charge >= 0.3 is 0 Å². The smallest absolute Gasteiger partial charge is 0.267 e. The van der Waals surface area contributed by atoms with Gasteiger partial charge < -0.3 is 0 Å². The molecule has 1 aromatic heterocycles. The van der Waals surface area contributed by atoms with E-state index >= 15 is 0 Å². The number of hydrazone groups is 1. The molecule has 27 heavy (non-hydrogen) atoms. The van der Waals surface area contributed by atoms with E-state index in [9.17, 15) is 4.79 Å². The van der Waals surface area contributed by atoms with Gasteiger partial charge in [0.05, 0.1) is 4.88 Å². The normalized spacial score (nSPS) is 11.4. The summed E-state index contributed by atoms with van der Waals surface area (Å²) in [5, 5.41) is 5.64. The standard InChI is InChI=1S/C20H16Cl2N2OS2/c1-26-12-17-10-11-18(27-17)19(13-2-6-15(21)7-3-13)23-24-20(25)14-4-8-16(22)9-5-14/h2-11H,12H2,1H3,(H,24,25). The molecule has 0 aliphatic carbocycles. The second-order valence-corrected chi connectivity index (χ2v) is 8.52. The number of carbonyl (C=O) groups is 1. The molecule has 3 rings (SSSR count). The van der Waals surface area contributed by atoms with Crippen LogP contribution < -0.4 is 5.43 Å². The van der Waals surface area contributed by atoms with E-state index in [1.165, 1.54) is 4.88 Å². The third kappa shape index (κ3) is 5.36. The number of rotatable bonds is 6. The van der Waals surface area contributed by atoms with E-state index in [1.807, 2.05) is 30.3 Å². The fraction of sp³-hybridized carbons (Fsp3) is 0.100. The van der Waals surface area contributed by atoms with Crippen LogP contribution in [-0.4, -0.2) is 17.9 Å². The largest absolute Gasteiger partial charge is 0.271 e. The zero-order valence-corrected chi connectivity index (χ0v) is 17.6. The van der Waals surface area contributed by atoms with Crippen molar-refractivity contribution >= 4 is 57.9 Å². The fourth-order valence-corrected chi connectivity index (χ4v) is 4.40. The van der Waals surface area contributed by atoms with Crippen molar-refractivity contribution < 1.29 is 4.79 Å². The number of hydrogen-bond acceptors (Lipinski definition) is 4. The molecule has 0 spiro atoms. The van der Waals surface area contributed by atoms with Gasteiger partial charge in [-0.15, -0.1) is 11.3 Å². The summed E-state index contributed by atoms with van der Waals surface area (Å²) in [7, 11) is 0. The molecule has 1 N–H and O–H groups in total. The van der Waals surface area contributed by atoms with Crippen LogP contribution in [0, 0.1) is 0 Å². The zero-order valence-electron chi connectivity index (χ0n) is 14.4. The molecule has 1 heterocycles. The molecule has 7 heteroatoms. The Morgan fingerprint density at radius 1 is 0.963 bits per heavy atom. The van der Waals surface area contributed by atoms with E-state index in [4.69, 9.17) is 23.2 Å². The Bertz CT molecular complexity index is 951. The van der Waals surface area contributed by atoms with Crippen molar-refractivity contribution in [2.24, 2.45) is 5.10 Å². The fourth-order valence-electron chi connectivity index (χ4n) is 2.37. The highest BCUT2D eigenvalue weighted by molar-refractivity contribution is 7.97. The Kier molecular flexibility index (Phi) is 6.96. The first-order valence-corrected chi connectivity index (χ1v) is 11.0. The maximum atomic E-state index is 12.4. The zero-order chi connectivity index (χ0) is 19.2. The maximum Gasteiger partial charge on any atom is 0.271 e. The van der Waals surface area contributed by atoms with Gasteiger partial charge in [0.15, 0.2) is 0 Å². The van der Waals surface area contributed by atoms with Gasteiger partial charge in [0, 0.05) is 31.8 Å². The first-order chi connectivity index (χ1) is 13.1. The highest BCUT2D eigenvalue weighted by Crippen LogP contribution is 2.24. The summed E-state index contributed by atoms with van der Waals surface area (Å²) in [5.74, 6) is 0.648. The number of nitrogens with zero attached hydrogens (tertiary/aromatic N) is 1. The third-order valence-corrected chi connectivity index (χ3v) is 6.05. The van der Waals surface area contributed by atoms with Gasteiger partial charge in [-0.1, -0.05) is 35.3 Å². The summed E-state index contributed by atoms with van der Waals surface area (Å²) < 4.78 is 0. The van der Waals surface area contributed by atoms with E-state index < -0.39 is 0 Å². The first kappa shape index (κ1) is 20.0. The first-order valence-electron chi connectivity index (χ1n) is 8.04. The minimum absolute atomic E-state index is 0.293. The average Bonchev–Trinajstić information content (AvgIpc) is 3.12. The second kappa shape index (κ2) is 9.42. The number of thiophene rings is 1. The van der Waals surface area contributed by atoms with Crippen LogP contribution in [-0.2, 0) is 5.75 Å². The topological polar surface area (TPSA) is 41.5 Å². The molecular weight excluding hydrogens is 419 g/mol. The molecule has 3 aromatic rings. The van der Waals surface area contributed by atoms with Crippen molar-refractivity contribution in [3.8, 4) is 0 Å². The van der Waals surface area contributed by atoms with E-state index in [1.54, 1.807) is 47.4 Å². The van der Waals surface area contributed by atoms with Crippen LogP contribution in [0.3, 0.4) is 0 Å². The van der Waals surface area contributed by atoms with Crippen LogP contribution in [0.1, 0.15) is 25.7 Å². The van der Waals surface area contributed by atoms with Crippen molar-refractivity contribution in [1.82, 2.24) is 5.43 Å². The molecule has 3 nitrogen and oxygen atoms in total. The summed E-state index contributed by atoms with van der Waals surface area (Å²) in [4.78, 5) is 14.6. The van der Waals surface area contributed by atoms with E-state index in [0.29, 0.717) is 21.3 Å². The minimum atomic E-state index is -0.293. The third-order valence-electron chi connectivity index (χ3n) is 3.67. The van der Waals surface area contributed by atoms with E-state index in [-0.39, 0.29) is 5.91 Å². The number of benzene rings is 2. The van der Waals surface area contributed by atoms with Crippen LogP contribution in [0.5, 0.6) is 0 Å². The van der Waals surface area contributed by atoms with Crippen molar-refractivity contribution in [3.05, 3.63) is 91.6 Å². The lowest BCUT2D eigenvalue weighted by Crippen LogP contribution is -2.20. The molecule has 0 bridgehead atoms. The molecule has 0 radical (unpaired) electrons. The van der Waals surface area contributed by atoms with Crippen LogP contribution in [0.25, 0.3) is 0 Å². The quantitative estimate of drug-likeness (QED) is 0.376. The molecule has 0 atom stereocenters. The number of carbonyl (C=O) groups excluding carboxylic acids is 1. The molecule has 0 aliphatic heterocycles. The Morgan fingerprint density at radius 2 is 1.56 bits per heavy atom. The Balaban J connectivity index is 1.90. The maximum absolute atomic E-state index is 12.4. The second-order valence-electron chi connectivity index (χ2n) is 5.61. The minimum Gasteiger partial charge on any atom is -0.267 e. The summed E-state index contributed by atoms with van der Waals surface area (Å²) in [6.07, 6.45) is 2.07. The summed E-state index contributed by atoms with van der Waals surface area (Å²) in [6, 6.07) is 18.2. The number of amides is 1. The summed E-state index contributed by atoms with van der Waals surface area (Å²) in [6.45, 7) is 0.